The third kappa shape index (κ3) is 4.04. The Morgan fingerprint density at radius 3 is 2.63 bits per heavy atom. The number of nitrogens with two attached hydrogens (primary N) is 1. The molecule has 0 radical (unpaired) electrons. The number of amides is 2. The molecule has 0 saturated heterocycles. The van der Waals surface area contributed by atoms with E-state index in [0.717, 1.165) is 28.7 Å². The number of benzene rings is 1. The Bertz CT molecular complexity index is 962. The van der Waals surface area contributed by atoms with Crippen molar-refractivity contribution in [1.82, 2.24) is 14.8 Å². The maximum atomic E-state index is 12.5. The van der Waals surface area contributed by atoms with E-state index in [4.69, 9.17) is 5.73 Å². The maximum Gasteiger partial charge on any atom is 0.316 e. The van der Waals surface area contributed by atoms with Crippen LogP contribution in [0.25, 0.3) is 10.7 Å². The van der Waals surface area contributed by atoms with Gasteiger partial charge in [-0.3, -0.25) is 9.36 Å². The summed E-state index contributed by atoms with van der Waals surface area (Å²) in [5.74, 6) is 1.15. The molecule has 3 aromatic rings. The van der Waals surface area contributed by atoms with E-state index >= 15 is 0 Å². The van der Waals surface area contributed by atoms with E-state index in [2.05, 4.69) is 20.1 Å². The van der Waals surface area contributed by atoms with E-state index in [1.54, 1.807) is 35.6 Å². The van der Waals surface area contributed by atoms with E-state index in [9.17, 15) is 9.59 Å². The SMILES string of the molecule is NC(=O)Nc1ccc(C(=O)CSc2nnc(-c3cccs3)n2C2CC2)cc1. The minimum atomic E-state index is -0.634. The summed E-state index contributed by atoms with van der Waals surface area (Å²) < 4.78 is 2.16. The lowest BCUT2D eigenvalue weighted by atomic mass is 10.1. The van der Waals surface area contributed by atoms with Crippen molar-refractivity contribution < 1.29 is 9.59 Å². The summed E-state index contributed by atoms with van der Waals surface area (Å²) >= 11 is 3.04. The number of Topliss-reactive ketones (excluding diaryl/α,β-unsaturated/α-hetero) is 1. The largest absolute Gasteiger partial charge is 0.351 e. The Balaban J connectivity index is 1.46. The highest BCUT2D eigenvalue weighted by molar-refractivity contribution is 7.99. The van der Waals surface area contributed by atoms with Gasteiger partial charge in [-0.05, 0) is 48.6 Å². The number of aromatic nitrogens is 3. The summed E-state index contributed by atoms with van der Waals surface area (Å²) in [6.45, 7) is 0. The fraction of sp³-hybridized carbons (Fsp3) is 0.222. The van der Waals surface area contributed by atoms with Crippen LogP contribution in [0.4, 0.5) is 10.5 Å². The predicted molar refractivity (Wildman–Crippen MR) is 106 cm³/mol. The van der Waals surface area contributed by atoms with Gasteiger partial charge in [-0.1, -0.05) is 17.8 Å². The first-order valence-corrected chi connectivity index (χ1v) is 10.3. The van der Waals surface area contributed by atoms with Gasteiger partial charge in [0.25, 0.3) is 0 Å². The van der Waals surface area contributed by atoms with Crippen molar-refractivity contribution in [3.63, 3.8) is 0 Å². The Morgan fingerprint density at radius 2 is 2.00 bits per heavy atom. The van der Waals surface area contributed by atoms with Crippen LogP contribution < -0.4 is 11.1 Å². The van der Waals surface area contributed by atoms with Crippen LogP contribution >= 0.6 is 23.1 Å². The van der Waals surface area contributed by atoms with Crippen LogP contribution in [-0.2, 0) is 0 Å². The molecule has 9 heteroatoms. The van der Waals surface area contributed by atoms with Gasteiger partial charge in [-0.2, -0.15) is 0 Å². The van der Waals surface area contributed by atoms with Crippen LogP contribution in [0.15, 0.2) is 46.9 Å². The van der Waals surface area contributed by atoms with Crippen molar-refractivity contribution in [2.24, 2.45) is 5.73 Å². The highest BCUT2D eigenvalue weighted by Crippen LogP contribution is 2.41. The van der Waals surface area contributed by atoms with E-state index < -0.39 is 6.03 Å². The first-order chi connectivity index (χ1) is 13.1. The maximum absolute atomic E-state index is 12.5. The quantitative estimate of drug-likeness (QED) is 0.464. The number of carbonyl (C=O) groups excluding carboxylic acids is 2. The molecule has 0 unspecified atom stereocenters. The van der Waals surface area contributed by atoms with Crippen LogP contribution in [0.3, 0.4) is 0 Å². The number of thioether (sulfide) groups is 1. The molecule has 1 fully saturated rings. The van der Waals surface area contributed by atoms with Crippen LogP contribution in [0.5, 0.6) is 0 Å². The molecule has 0 bridgehead atoms. The molecule has 3 N–H and O–H groups in total. The molecule has 0 spiro atoms. The highest BCUT2D eigenvalue weighted by Gasteiger charge is 2.30. The summed E-state index contributed by atoms with van der Waals surface area (Å²) in [6, 6.07) is 10.5. The summed E-state index contributed by atoms with van der Waals surface area (Å²) in [6.07, 6.45) is 2.23. The average molecular weight is 400 g/mol. The third-order valence-corrected chi connectivity index (χ3v) is 5.93. The van der Waals surface area contributed by atoms with E-state index in [1.807, 2.05) is 17.5 Å². The number of nitrogens with zero attached hydrogens (tertiary/aromatic N) is 3. The number of anilines is 1. The number of carbonyl (C=O) groups is 2. The van der Waals surface area contributed by atoms with Gasteiger partial charge in [0.2, 0.25) is 0 Å². The number of urea groups is 1. The second-order valence-electron chi connectivity index (χ2n) is 6.16. The highest BCUT2D eigenvalue weighted by atomic mass is 32.2. The van der Waals surface area contributed by atoms with Gasteiger partial charge >= 0.3 is 6.03 Å². The zero-order chi connectivity index (χ0) is 18.8. The number of hydrogen-bond acceptors (Lipinski definition) is 6. The molecule has 2 amide bonds. The molecule has 1 aromatic carbocycles. The van der Waals surface area contributed by atoms with Crippen LogP contribution in [-0.4, -0.2) is 32.3 Å². The molecule has 138 valence electrons. The number of ketones is 1. The van der Waals surface area contributed by atoms with E-state index in [1.165, 1.54) is 11.8 Å². The fourth-order valence-electron chi connectivity index (χ4n) is 2.71. The normalized spacial score (nSPS) is 13.5. The van der Waals surface area contributed by atoms with Gasteiger partial charge in [0.1, 0.15) is 0 Å². The van der Waals surface area contributed by atoms with Gasteiger partial charge in [0, 0.05) is 17.3 Å². The van der Waals surface area contributed by atoms with Gasteiger partial charge in [0.05, 0.1) is 10.6 Å². The lowest BCUT2D eigenvalue weighted by molar-refractivity contribution is 0.102. The predicted octanol–water partition coefficient (Wildman–Crippen LogP) is 3.81. The van der Waals surface area contributed by atoms with Gasteiger partial charge in [0.15, 0.2) is 16.8 Å². The van der Waals surface area contributed by atoms with Gasteiger partial charge in [-0.25, -0.2) is 4.79 Å². The number of nitrogens with one attached hydrogen (secondary N) is 1. The molecule has 4 rings (SSSR count). The zero-order valence-corrected chi connectivity index (χ0v) is 15.9. The molecule has 1 saturated carbocycles. The number of thiophene rings is 1. The summed E-state index contributed by atoms with van der Waals surface area (Å²) in [4.78, 5) is 24.4. The van der Waals surface area contributed by atoms with Crippen LogP contribution in [0.2, 0.25) is 0 Å². The number of primary amides is 1. The van der Waals surface area contributed by atoms with Crippen molar-refractivity contribution in [3.8, 4) is 10.7 Å². The average Bonchev–Trinajstić information content (AvgIpc) is 3.18. The molecule has 2 aromatic heterocycles. The van der Waals surface area contributed by atoms with Crippen molar-refractivity contribution >= 4 is 40.6 Å². The monoisotopic (exact) mass is 399 g/mol. The third-order valence-electron chi connectivity index (χ3n) is 4.12. The first kappa shape index (κ1) is 17.7. The Morgan fingerprint density at radius 1 is 1.22 bits per heavy atom. The zero-order valence-electron chi connectivity index (χ0n) is 14.3. The molecule has 27 heavy (non-hydrogen) atoms. The van der Waals surface area contributed by atoms with Crippen LogP contribution in [0.1, 0.15) is 29.2 Å². The van der Waals surface area contributed by atoms with Gasteiger partial charge < -0.3 is 11.1 Å². The smallest absolute Gasteiger partial charge is 0.316 e. The second-order valence-corrected chi connectivity index (χ2v) is 8.05. The van der Waals surface area contributed by atoms with Crippen molar-refractivity contribution in [1.29, 1.82) is 0 Å². The van der Waals surface area contributed by atoms with E-state index in [0.29, 0.717) is 17.3 Å². The number of rotatable bonds is 7. The molecular weight excluding hydrogens is 382 g/mol. The van der Waals surface area contributed by atoms with Crippen LogP contribution in [0, 0.1) is 0 Å². The summed E-state index contributed by atoms with van der Waals surface area (Å²) in [5.41, 5.74) is 6.21. The molecule has 2 heterocycles. The Hall–Kier alpha value is -2.65. The Kier molecular flexibility index (Phi) is 4.95. The Labute approximate surface area is 164 Å². The molecule has 7 nitrogen and oxygen atoms in total. The van der Waals surface area contributed by atoms with Crippen molar-refractivity contribution in [3.05, 3.63) is 47.3 Å². The minimum absolute atomic E-state index is 0.00588. The minimum Gasteiger partial charge on any atom is -0.351 e. The number of hydrogen-bond donors (Lipinski definition) is 2. The molecule has 0 aliphatic heterocycles. The molecule has 1 aliphatic carbocycles. The summed E-state index contributed by atoms with van der Waals surface area (Å²) in [5, 5.41) is 13.9. The standard InChI is InChI=1S/C18H17N5O2S2/c19-17(25)20-12-5-3-11(4-6-12)14(24)10-27-18-22-21-16(15-2-1-9-26-15)23(18)13-7-8-13/h1-6,9,13H,7-8,10H2,(H3,19,20,25). The topological polar surface area (TPSA) is 103 Å². The molecule has 0 atom stereocenters. The van der Waals surface area contributed by atoms with E-state index in [-0.39, 0.29) is 11.5 Å². The summed E-state index contributed by atoms with van der Waals surface area (Å²) in [7, 11) is 0. The van der Waals surface area contributed by atoms with Gasteiger partial charge in [-0.15, -0.1) is 21.5 Å². The lowest BCUT2D eigenvalue weighted by Crippen LogP contribution is -2.19. The second kappa shape index (κ2) is 7.53. The first-order valence-electron chi connectivity index (χ1n) is 8.43. The molecule has 1 aliphatic rings. The lowest BCUT2D eigenvalue weighted by Gasteiger charge is -2.07. The molecular formula is C18H17N5O2S2. The van der Waals surface area contributed by atoms with Crippen molar-refractivity contribution in [2.75, 3.05) is 11.1 Å². The van der Waals surface area contributed by atoms with Crippen molar-refractivity contribution in [2.45, 2.75) is 24.0 Å². The fourth-order valence-corrected chi connectivity index (χ4v) is 4.31.